The number of aromatic hydroxyl groups is 1. The maximum Gasteiger partial charge on any atom is 0.345 e. The molecular weight excluding hydrogens is 440 g/mol. The summed E-state index contributed by atoms with van der Waals surface area (Å²) >= 11 is 0. The second kappa shape index (κ2) is 10.0. The zero-order chi connectivity index (χ0) is 24.4. The highest BCUT2D eigenvalue weighted by Crippen LogP contribution is 2.27. The van der Waals surface area contributed by atoms with Crippen LogP contribution in [-0.4, -0.2) is 63.0 Å². The maximum absolute atomic E-state index is 13.1. The molecule has 35 heavy (non-hydrogen) atoms. The van der Waals surface area contributed by atoms with E-state index in [9.17, 15) is 14.7 Å². The molecule has 7 nitrogen and oxygen atoms in total. The summed E-state index contributed by atoms with van der Waals surface area (Å²) in [5, 5.41) is 9.79. The summed E-state index contributed by atoms with van der Waals surface area (Å²) in [5.41, 5.74) is 3.66. The van der Waals surface area contributed by atoms with Gasteiger partial charge in [-0.25, -0.2) is 4.79 Å². The van der Waals surface area contributed by atoms with Crippen molar-refractivity contribution in [1.29, 1.82) is 0 Å². The zero-order valence-corrected chi connectivity index (χ0v) is 20.2. The molecule has 0 spiro atoms. The summed E-state index contributed by atoms with van der Waals surface area (Å²) < 4.78 is 0. The van der Waals surface area contributed by atoms with E-state index in [2.05, 4.69) is 14.9 Å². The minimum atomic E-state index is -0.444. The largest absolute Gasteiger partial charge is 0.508 e. The lowest BCUT2D eigenvalue weighted by Crippen LogP contribution is -2.48. The Morgan fingerprint density at radius 3 is 2.31 bits per heavy atom. The molecule has 0 unspecified atom stereocenters. The van der Waals surface area contributed by atoms with Gasteiger partial charge in [0.2, 0.25) is 0 Å². The molecule has 0 saturated carbocycles. The van der Waals surface area contributed by atoms with Gasteiger partial charge in [-0.3, -0.25) is 4.79 Å². The highest BCUT2D eigenvalue weighted by atomic mass is 16.3. The van der Waals surface area contributed by atoms with Gasteiger partial charge in [-0.2, -0.15) is 4.98 Å². The molecule has 0 radical (unpaired) electrons. The number of rotatable bonds is 4. The Balaban J connectivity index is 1.28. The summed E-state index contributed by atoms with van der Waals surface area (Å²) in [6.07, 6.45) is 6.02. The van der Waals surface area contributed by atoms with Crippen LogP contribution < -0.4 is 5.69 Å². The third-order valence-electron chi connectivity index (χ3n) is 7.34. The van der Waals surface area contributed by atoms with Crippen LogP contribution in [0.3, 0.4) is 0 Å². The van der Waals surface area contributed by atoms with Crippen molar-refractivity contribution in [2.24, 2.45) is 0 Å². The molecule has 2 saturated heterocycles. The third-order valence-corrected chi connectivity index (χ3v) is 7.34. The van der Waals surface area contributed by atoms with Gasteiger partial charge in [0.25, 0.3) is 5.91 Å². The van der Waals surface area contributed by atoms with Crippen LogP contribution in [0.2, 0.25) is 0 Å². The van der Waals surface area contributed by atoms with Crippen molar-refractivity contribution in [2.45, 2.75) is 45.1 Å². The van der Waals surface area contributed by atoms with Crippen molar-refractivity contribution in [3.63, 3.8) is 0 Å². The Bertz CT molecular complexity index is 1250. The number of benzene rings is 2. The molecule has 1 amide bonds. The quantitative estimate of drug-likeness (QED) is 0.594. The number of likely N-dealkylation sites (tertiary alicyclic amines) is 2. The molecule has 2 aromatic carbocycles. The first-order valence-electron chi connectivity index (χ1n) is 12.5. The van der Waals surface area contributed by atoms with Gasteiger partial charge < -0.3 is 19.9 Å². The van der Waals surface area contributed by atoms with Gasteiger partial charge in [0, 0.05) is 30.3 Å². The minimum Gasteiger partial charge on any atom is -0.508 e. The van der Waals surface area contributed by atoms with E-state index in [1.165, 1.54) is 32.4 Å². The molecule has 2 aliphatic rings. The smallest absolute Gasteiger partial charge is 0.345 e. The Kier molecular flexibility index (Phi) is 6.68. The van der Waals surface area contributed by atoms with Gasteiger partial charge >= 0.3 is 5.69 Å². The van der Waals surface area contributed by atoms with Crippen LogP contribution in [-0.2, 0) is 0 Å². The van der Waals surface area contributed by atoms with Gasteiger partial charge in [-0.15, -0.1) is 0 Å². The first-order valence-corrected chi connectivity index (χ1v) is 12.5. The number of nitrogens with zero attached hydrogens (tertiary/aromatic N) is 3. The number of piperidine rings is 2. The van der Waals surface area contributed by atoms with E-state index in [0.717, 1.165) is 37.1 Å². The molecule has 182 valence electrons. The van der Waals surface area contributed by atoms with Gasteiger partial charge in [0.1, 0.15) is 5.75 Å². The van der Waals surface area contributed by atoms with Crippen molar-refractivity contribution >= 4 is 5.91 Å². The molecule has 5 rings (SSSR count). The molecule has 0 aliphatic carbocycles. The van der Waals surface area contributed by atoms with Crippen molar-refractivity contribution in [3.05, 3.63) is 70.1 Å². The lowest BCUT2D eigenvalue weighted by Gasteiger charge is -2.40. The molecule has 2 fully saturated rings. The lowest BCUT2D eigenvalue weighted by atomic mass is 9.99. The molecule has 7 heteroatoms. The van der Waals surface area contributed by atoms with Crippen LogP contribution in [0.1, 0.15) is 48.0 Å². The van der Waals surface area contributed by atoms with Crippen LogP contribution >= 0.6 is 0 Å². The predicted octanol–water partition coefficient (Wildman–Crippen LogP) is 4.21. The Hall–Kier alpha value is -3.45. The summed E-state index contributed by atoms with van der Waals surface area (Å²) in [4.78, 5) is 36.8. The van der Waals surface area contributed by atoms with Crippen LogP contribution in [0.15, 0.2) is 53.3 Å². The van der Waals surface area contributed by atoms with Crippen LogP contribution in [0.5, 0.6) is 5.75 Å². The topological polar surface area (TPSA) is 89.5 Å². The summed E-state index contributed by atoms with van der Waals surface area (Å²) in [7, 11) is 0. The first kappa shape index (κ1) is 23.3. The number of aryl methyl sites for hydroxylation is 1. The zero-order valence-electron chi connectivity index (χ0n) is 20.2. The van der Waals surface area contributed by atoms with Gasteiger partial charge in [-0.1, -0.05) is 18.6 Å². The van der Waals surface area contributed by atoms with Gasteiger partial charge in [0.05, 0.1) is 11.4 Å². The Morgan fingerprint density at radius 1 is 0.943 bits per heavy atom. The lowest BCUT2D eigenvalue weighted by molar-refractivity contribution is 0.0590. The number of amides is 1. The molecule has 3 aromatic rings. The molecule has 0 bridgehead atoms. The van der Waals surface area contributed by atoms with E-state index < -0.39 is 5.69 Å². The van der Waals surface area contributed by atoms with E-state index in [4.69, 9.17) is 0 Å². The molecule has 0 atom stereocenters. The fourth-order valence-corrected chi connectivity index (χ4v) is 5.27. The minimum absolute atomic E-state index is 0.0668. The summed E-state index contributed by atoms with van der Waals surface area (Å²) in [5.74, 6) is 0.270. The third kappa shape index (κ3) is 5.15. The summed E-state index contributed by atoms with van der Waals surface area (Å²) in [6, 6.07) is 15.0. The highest BCUT2D eigenvalue weighted by molar-refractivity contribution is 5.94. The SMILES string of the molecule is Cc1cc(-c2cc(-c3ccc(C(=O)N4CCC(N5CCCCC5)CC4)cc3)[nH]c(=O)n2)ccc1O. The van der Waals surface area contributed by atoms with Crippen LogP contribution in [0, 0.1) is 6.92 Å². The second-order valence-electron chi connectivity index (χ2n) is 9.68. The molecular formula is C28H32N4O3. The molecule has 3 heterocycles. The van der Waals surface area contributed by atoms with Crippen LogP contribution in [0.4, 0.5) is 0 Å². The average molecular weight is 473 g/mol. The number of aromatic amines is 1. The summed E-state index contributed by atoms with van der Waals surface area (Å²) in [6.45, 7) is 5.80. The number of aromatic nitrogens is 2. The number of carbonyl (C=O) groups is 1. The van der Waals surface area contributed by atoms with E-state index in [1.54, 1.807) is 25.1 Å². The highest BCUT2D eigenvalue weighted by Gasteiger charge is 2.28. The number of H-pyrrole nitrogens is 1. The predicted molar refractivity (Wildman–Crippen MR) is 136 cm³/mol. The normalized spacial score (nSPS) is 17.5. The van der Waals surface area contributed by atoms with E-state index in [1.807, 2.05) is 35.2 Å². The fourth-order valence-electron chi connectivity index (χ4n) is 5.27. The van der Waals surface area contributed by atoms with Crippen molar-refractivity contribution < 1.29 is 9.90 Å². The number of phenols is 1. The van der Waals surface area contributed by atoms with Gasteiger partial charge in [0.15, 0.2) is 0 Å². The van der Waals surface area contributed by atoms with Crippen molar-refractivity contribution in [2.75, 3.05) is 26.2 Å². The van der Waals surface area contributed by atoms with E-state index >= 15 is 0 Å². The monoisotopic (exact) mass is 472 g/mol. The number of nitrogens with one attached hydrogen (secondary N) is 1. The molecule has 1 aromatic heterocycles. The van der Waals surface area contributed by atoms with E-state index in [-0.39, 0.29) is 11.7 Å². The van der Waals surface area contributed by atoms with Gasteiger partial charge in [-0.05, 0) is 93.2 Å². The number of phenolic OH excluding ortho intramolecular Hbond substituents is 1. The Labute approximate surface area is 205 Å². The number of hydrogen-bond acceptors (Lipinski definition) is 5. The second-order valence-corrected chi connectivity index (χ2v) is 9.68. The van der Waals surface area contributed by atoms with Crippen LogP contribution in [0.25, 0.3) is 22.5 Å². The molecule has 2 N–H and O–H groups in total. The van der Waals surface area contributed by atoms with Crippen molar-refractivity contribution in [3.8, 4) is 28.3 Å². The maximum atomic E-state index is 13.1. The average Bonchev–Trinajstić information content (AvgIpc) is 2.90. The van der Waals surface area contributed by atoms with Crippen molar-refractivity contribution in [1.82, 2.24) is 19.8 Å². The fraction of sp³-hybridized carbons (Fsp3) is 0.393. The first-order chi connectivity index (χ1) is 17.0. The number of hydrogen-bond donors (Lipinski definition) is 2. The Morgan fingerprint density at radius 2 is 1.63 bits per heavy atom. The number of carbonyl (C=O) groups excluding carboxylic acids is 1. The standard InChI is InChI=1S/C28H32N4O3/c1-19-17-22(9-10-26(19)33)25-18-24(29-28(35)30-25)20-5-7-21(8-6-20)27(34)32-15-11-23(12-16-32)31-13-3-2-4-14-31/h5-10,17-18,23,33H,2-4,11-16H2,1H3,(H,29,30,35). The van der Waals surface area contributed by atoms with E-state index in [0.29, 0.717) is 28.6 Å². The molecule has 2 aliphatic heterocycles.